The quantitative estimate of drug-likeness (QED) is 0.932. The van der Waals surface area contributed by atoms with Crippen LogP contribution in [0.5, 0.6) is 5.75 Å². The highest BCUT2D eigenvalue weighted by molar-refractivity contribution is 5.60. The summed E-state index contributed by atoms with van der Waals surface area (Å²) in [6.07, 6.45) is 1.60. The number of rotatable bonds is 3. The summed E-state index contributed by atoms with van der Waals surface area (Å²) in [5.74, 6) is 1.58. The fourth-order valence-corrected chi connectivity index (χ4v) is 2.78. The molecule has 1 aliphatic rings. The molecule has 1 aromatic heterocycles. The van der Waals surface area contributed by atoms with Crippen LogP contribution in [0.4, 0.5) is 17.2 Å². The Bertz CT molecular complexity index is 715. The molecule has 23 heavy (non-hydrogen) atoms. The number of pyridine rings is 1. The molecule has 0 radical (unpaired) electrons. The van der Waals surface area contributed by atoms with Crippen molar-refractivity contribution >= 4 is 17.2 Å². The van der Waals surface area contributed by atoms with Gasteiger partial charge in [0, 0.05) is 31.9 Å². The molecule has 1 fully saturated rings. The van der Waals surface area contributed by atoms with Gasteiger partial charge in [0.1, 0.15) is 17.6 Å². The molecule has 1 aromatic carbocycles. The van der Waals surface area contributed by atoms with Gasteiger partial charge in [-0.05, 0) is 30.3 Å². The third kappa shape index (κ3) is 3.14. The van der Waals surface area contributed by atoms with E-state index in [2.05, 4.69) is 33.0 Å². The molecule has 118 valence electrons. The van der Waals surface area contributed by atoms with Crippen molar-refractivity contribution in [1.82, 2.24) is 4.98 Å². The zero-order valence-electron chi connectivity index (χ0n) is 13.1. The maximum absolute atomic E-state index is 9.26. The second-order valence-electron chi connectivity index (χ2n) is 5.42. The minimum absolute atomic E-state index is 0.516. The lowest BCUT2D eigenvalue weighted by Crippen LogP contribution is -2.47. The Morgan fingerprint density at radius 1 is 1.13 bits per heavy atom. The number of nitrogens with two attached hydrogens (primary N) is 1. The second kappa shape index (κ2) is 6.44. The number of piperazine rings is 1. The van der Waals surface area contributed by atoms with Crippen LogP contribution in [0.3, 0.4) is 0 Å². The van der Waals surface area contributed by atoms with Crippen LogP contribution in [0.2, 0.25) is 0 Å². The minimum atomic E-state index is 0.516. The van der Waals surface area contributed by atoms with Gasteiger partial charge in [-0.3, -0.25) is 0 Å². The first-order valence-corrected chi connectivity index (χ1v) is 7.51. The van der Waals surface area contributed by atoms with Gasteiger partial charge >= 0.3 is 0 Å². The largest absolute Gasteiger partial charge is 0.497 e. The van der Waals surface area contributed by atoms with Crippen molar-refractivity contribution in [2.24, 2.45) is 0 Å². The van der Waals surface area contributed by atoms with Crippen molar-refractivity contribution < 1.29 is 4.74 Å². The zero-order chi connectivity index (χ0) is 16.2. The number of benzene rings is 1. The average molecular weight is 309 g/mol. The molecule has 0 aliphatic carbocycles. The number of nitrogens with zero attached hydrogens (tertiary/aromatic N) is 4. The summed E-state index contributed by atoms with van der Waals surface area (Å²) in [4.78, 5) is 8.79. The maximum atomic E-state index is 9.26. The number of anilines is 3. The summed E-state index contributed by atoms with van der Waals surface area (Å²) in [5, 5.41) is 9.26. The maximum Gasteiger partial charge on any atom is 0.146 e. The number of aromatic nitrogens is 1. The van der Waals surface area contributed by atoms with Crippen LogP contribution in [-0.4, -0.2) is 38.3 Å². The van der Waals surface area contributed by atoms with Crippen molar-refractivity contribution in [2.45, 2.75) is 0 Å². The van der Waals surface area contributed by atoms with Gasteiger partial charge in [0.2, 0.25) is 0 Å². The molecule has 0 amide bonds. The lowest BCUT2D eigenvalue weighted by atomic mass is 10.2. The smallest absolute Gasteiger partial charge is 0.146 e. The molecule has 2 heterocycles. The van der Waals surface area contributed by atoms with Crippen molar-refractivity contribution in [3.05, 3.63) is 42.1 Å². The predicted molar refractivity (Wildman–Crippen MR) is 90.8 cm³/mol. The van der Waals surface area contributed by atoms with Crippen LogP contribution < -0.4 is 20.3 Å². The molecule has 1 aliphatic heterocycles. The number of methoxy groups -OCH3 is 1. The molecule has 0 spiro atoms. The standard InChI is InChI=1S/C17H19N5O/c1-23-16-4-2-15(3-5-16)21-6-8-22(9-7-21)17-13(11-18)10-14(19)12-20-17/h2-5,10,12H,6-9,19H2,1H3. The van der Waals surface area contributed by atoms with E-state index in [0.29, 0.717) is 11.3 Å². The van der Waals surface area contributed by atoms with Gasteiger partial charge in [0.15, 0.2) is 0 Å². The molecule has 2 N–H and O–H groups in total. The Hall–Kier alpha value is -2.94. The first-order valence-electron chi connectivity index (χ1n) is 7.51. The monoisotopic (exact) mass is 309 g/mol. The Labute approximate surface area is 135 Å². The van der Waals surface area contributed by atoms with Crippen LogP contribution in [-0.2, 0) is 0 Å². The van der Waals surface area contributed by atoms with E-state index >= 15 is 0 Å². The highest BCUT2D eigenvalue weighted by atomic mass is 16.5. The lowest BCUT2D eigenvalue weighted by molar-refractivity contribution is 0.415. The molecule has 6 nitrogen and oxygen atoms in total. The van der Waals surface area contributed by atoms with Gasteiger partial charge in [-0.2, -0.15) is 5.26 Å². The van der Waals surface area contributed by atoms with Gasteiger partial charge in [-0.25, -0.2) is 4.98 Å². The number of nitrogen functional groups attached to an aromatic ring is 1. The second-order valence-corrected chi connectivity index (χ2v) is 5.42. The van der Waals surface area contributed by atoms with E-state index in [-0.39, 0.29) is 0 Å². The SMILES string of the molecule is COc1ccc(N2CCN(c3ncc(N)cc3C#N)CC2)cc1. The molecule has 2 aromatic rings. The first-order chi connectivity index (χ1) is 11.2. The van der Waals surface area contributed by atoms with Gasteiger partial charge in [0.25, 0.3) is 0 Å². The third-order valence-electron chi connectivity index (χ3n) is 4.03. The van der Waals surface area contributed by atoms with Gasteiger partial charge in [-0.15, -0.1) is 0 Å². The number of nitriles is 1. The molecular weight excluding hydrogens is 290 g/mol. The fraction of sp³-hybridized carbons (Fsp3) is 0.294. The fourth-order valence-electron chi connectivity index (χ4n) is 2.78. The Kier molecular flexibility index (Phi) is 4.20. The van der Waals surface area contributed by atoms with Crippen molar-refractivity contribution in [1.29, 1.82) is 5.26 Å². The Balaban J connectivity index is 1.70. The van der Waals surface area contributed by atoms with E-state index in [4.69, 9.17) is 10.5 Å². The van der Waals surface area contributed by atoms with E-state index in [9.17, 15) is 5.26 Å². The van der Waals surface area contributed by atoms with E-state index in [1.807, 2.05) is 12.1 Å². The molecule has 1 saturated heterocycles. The Morgan fingerprint density at radius 3 is 2.39 bits per heavy atom. The van der Waals surface area contributed by atoms with E-state index < -0.39 is 0 Å². The van der Waals surface area contributed by atoms with Crippen molar-refractivity contribution in [3.63, 3.8) is 0 Å². The first kappa shape index (κ1) is 15.0. The number of ether oxygens (including phenoxy) is 1. The summed E-state index contributed by atoms with van der Waals surface area (Å²) in [6, 6.07) is 11.9. The van der Waals surface area contributed by atoms with Crippen LogP contribution in [0, 0.1) is 11.3 Å². The molecular formula is C17H19N5O. The summed E-state index contributed by atoms with van der Waals surface area (Å²) >= 11 is 0. The van der Waals surface area contributed by atoms with E-state index in [1.54, 1.807) is 19.4 Å². The highest BCUT2D eigenvalue weighted by Crippen LogP contribution is 2.24. The van der Waals surface area contributed by atoms with Crippen LogP contribution in [0.15, 0.2) is 36.5 Å². The van der Waals surface area contributed by atoms with E-state index in [0.717, 1.165) is 37.7 Å². The predicted octanol–water partition coefficient (Wildman–Crippen LogP) is 1.87. The van der Waals surface area contributed by atoms with Crippen LogP contribution in [0.25, 0.3) is 0 Å². The molecule has 0 atom stereocenters. The third-order valence-corrected chi connectivity index (χ3v) is 4.03. The Morgan fingerprint density at radius 2 is 1.78 bits per heavy atom. The summed E-state index contributed by atoms with van der Waals surface area (Å²) in [6.45, 7) is 3.39. The number of hydrogen-bond acceptors (Lipinski definition) is 6. The van der Waals surface area contributed by atoms with Crippen LogP contribution >= 0.6 is 0 Å². The van der Waals surface area contributed by atoms with Crippen molar-refractivity contribution in [3.8, 4) is 11.8 Å². The summed E-state index contributed by atoms with van der Waals surface area (Å²) in [7, 11) is 1.67. The van der Waals surface area contributed by atoms with Gasteiger partial charge < -0.3 is 20.3 Å². The zero-order valence-corrected chi connectivity index (χ0v) is 13.1. The molecule has 0 unspecified atom stereocenters. The van der Waals surface area contributed by atoms with E-state index in [1.165, 1.54) is 5.69 Å². The van der Waals surface area contributed by atoms with Gasteiger partial charge in [-0.1, -0.05) is 0 Å². The molecule has 0 saturated carbocycles. The normalized spacial score (nSPS) is 14.4. The molecule has 0 bridgehead atoms. The summed E-state index contributed by atoms with van der Waals surface area (Å²) in [5.41, 5.74) is 7.93. The lowest BCUT2D eigenvalue weighted by Gasteiger charge is -2.37. The highest BCUT2D eigenvalue weighted by Gasteiger charge is 2.20. The average Bonchev–Trinajstić information content (AvgIpc) is 2.62. The number of hydrogen-bond donors (Lipinski definition) is 1. The minimum Gasteiger partial charge on any atom is -0.497 e. The molecule has 3 rings (SSSR count). The van der Waals surface area contributed by atoms with Gasteiger partial charge in [0.05, 0.1) is 24.6 Å². The molecule has 6 heteroatoms. The van der Waals surface area contributed by atoms with Crippen molar-refractivity contribution in [2.75, 3.05) is 48.8 Å². The summed E-state index contributed by atoms with van der Waals surface area (Å²) < 4.78 is 5.19. The van der Waals surface area contributed by atoms with Crippen LogP contribution in [0.1, 0.15) is 5.56 Å². The topological polar surface area (TPSA) is 78.4 Å².